The number of carbonyl (C=O) groups is 2. The molecule has 9 heteroatoms. The number of nitrogens with one attached hydrogen (secondary N) is 1. The van der Waals surface area contributed by atoms with Gasteiger partial charge in [-0.3, -0.25) is 14.5 Å². The molecule has 8 nitrogen and oxygen atoms in total. The van der Waals surface area contributed by atoms with Crippen molar-refractivity contribution in [3.8, 4) is 5.75 Å². The van der Waals surface area contributed by atoms with Gasteiger partial charge in [-0.05, 0) is 38.2 Å². The van der Waals surface area contributed by atoms with Crippen LogP contribution in [0.2, 0.25) is 5.02 Å². The molecule has 1 aromatic rings. The molecule has 2 heterocycles. The fraction of sp³-hybridized carbons (Fsp3) is 0.652. The van der Waals surface area contributed by atoms with Crippen LogP contribution in [0.3, 0.4) is 0 Å². The number of likely N-dealkylation sites (tertiary alicyclic amines) is 2. The van der Waals surface area contributed by atoms with E-state index in [2.05, 4.69) is 22.0 Å². The number of carbonyl (C=O) groups excluding carboxylic acids is 2. The number of methoxy groups -OCH3 is 2. The van der Waals surface area contributed by atoms with Gasteiger partial charge in [0.05, 0.1) is 42.1 Å². The van der Waals surface area contributed by atoms with Gasteiger partial charge < -0.3 is 25.4 Å². The Morgan fingerprint density at radius 2 is 2.00 bits per heavy atom. The van der Waals surface area contributed by atoms with Crippen molar-refractivity contribution < 1.29 is 19.1 Å². The van der Waals surface area contributed by atoms with E-state index in [1.165, 1.54) is 19.6 Å². The highest BCUT2D eigenvalue weighted by molar-refractivity contribution is 6.33. The minimum Gasteiger partial charge on any atom is -0.496 e. The first-order valence-corrected chi connectivity index (χ1v) is 11.7. The number of benzene rings is 1. The molecule has 178 valence electrons. The molecule has 0 saturated carbocycles. The van der Waals surface area contributed by atoms with Gasteiger partial charge in [0.25, 0.3) is 5.91 Å². The van der Waals surface area contributed by atoms with E-state index < -0.39 is 0 Å². The number of ether oxygens (including phenoxy) is 2. The minimum absolute atomic E-state index is 0.182. The third-order valence-corrected chi connectivity index (χ3v) is 6.93. The van der Waals surface area contributed by atoms with Gasteiger partial charge in [-0.1, -0.05) is 18.5 Å². The molecule has 3 rings (SSSR count). The number of nitrogens with two attached hydrogens (primary N) is 1. The van der Waals surface area contributed by atoms with E-state index in [1.807, 2.05) is 0 Å². The lowest BCUT2D eigenvalue weighted by Crippen LogP contribution is -2.57. The maximum Gasteiger partial charge on any atom is 0.255 e. The molecule has 0 spiro atoms. The number of amides is 2. The number of rotatable bonds is 7. The van der Waals surface area contributed by atoms with E-state index in [-0.39, 0.29) is 24.0 Å². The Morgan fingerprint density at radius 1 is 1.22 bits per heavy atom. The first-order chi connectivity index (χ1) is 15.4. The Bertz CT molecular complexity index is 821. The average Bonchev–Trinajstić information content (AvgIpc) is 2.81. The van der Waals surface area contributed by atoms with Crippen LogP contribution in [0.1, 0.15) is 49.4 Å². The topological polar surface area (TPSA) is 97.1 Å². The van der Waals surface area contributed by atoms with Gasteiger partial charge in [0, 0.05) is 38.9 Å². The molecular weight excluding hydrogens is 432 g/mol. The zero-order chi connectivity index (χ0) is 23.3. The normalized spacial score (nSPS) is 24.2. The maximum atomic E-state index is 12.9. The molecule has 2 amide bonds. The molecule has 1 unspecified atom stereocenters. The first kappa shape index (κ1) is 24.6. The number of hydrogen-bond acceptors (Lipinski definition) is 6. The third-order valence-electron chi connectivity index (χ3n) is 6.60. The van der Waals surface area contributed by atoms with Crippen LogP contribution in [-0.2, 0) is 9.53 Å². The van der Waals surface area contributed by atoms with E-state index in [0.29, 0.717) is 54.1 Å². The van der Waals surface area contributed by atoms with Gasteiger partial charge in [0.2, 0.25) is 5.91 Å². The summed E-state index contributed by atoms with van der Waals surface area (Å²) in [6.45, 7) is 4.68. The highest BCUT2D eigenvalue weighted by atomic mass is 35.5. The molecule has 0 bridgehead atoms. The second kappa shape index (κ2) is 11.2. The van der Waals surface area contributed by atoms with Crippen LogP contribution < -0.4 is 15.8 Å². The highest BCUT2D eigenvalue weighted by Crippen LogP contribution is 2.29. The molecule has 32 heavy (non-hydrogen) atoms. The molecule has 2 saturated heterocycles. The Labute approximate surface area is 195 Å². The Balaban J connectivity index is 1.60. The fourth-order valence-corrected chi connectivity index (χ4v) is 4.89. The van der Waals surface area contributed by atoms with Crippen molar-refractivity contribution in [3.63, 3.8) is 0 Å². The van der Waals surface area contributed by atoms with Gasteiger partial charge in [0.15, 0.2) is 0 Å². The van der Waals surface area contributed by atoms with Crippen molar-refractivity contribution in [2.24, 2.45) is 0 Å². The number of halogens is 1. The van der Waals surface area contributed by atoms with Crippen LogP contribution in [0.4, 0.5) is 5.69 Å². The fourth-order valence-electron chi connectivity index (χ4n) is 4.73. The van der Waals surface area contributed by atoms with E-state index in [1.54, 1.807) is 13.2 Å². The minimum atomic E-state index is -0.292. The predicted octanol–water partition coefficient (Wildman–Crippen LogP) is 2.54. The van der Waals surface area contributed by atoms with Gasteiger partial charge in [0.1, 0.15) is 5.75 Å². The van der Waals surface area contributed by atoms with Crippen LogP contribution in [-0.4, -0.2) is 80.2 Å². The van der Waals surface area contributed by atoms with Crippen molar-refractivity contribution in [1.29, 1.82) is 0 Å². The lowest BCUT2D eigenvalue weighted by atomic mass is 9.99. The zero-order valence-electron chi connectivity index (χ0n) is 19.2. The summed E-state index contributed by atoms with van der Waals surface area (Å²) in [5, 5.41) is 3.35. The zero-order valence-corrected chi connectivity index (χ0v) is 20.0. The van der Waals surface area contributed by atoms with Crippen LogP contribution in [0.25, 0.3) is 0 Å². The second-order valence-corrected chi connectivity index (χ2v) is 9.00. The van der Waals surface area contributed by atoms with Crippen LogP contribution in [0, 0.1) is 0 Å². The van der Waals surface area contributed by atoms with Gasteiger partial charge in [-0.15, -0.1) is 0 Å². The molecule has 1 aromatic carbocycles. The van der Waals surface area contributed by atoms with Gasteiger partial charge in [-0.2, -0.15) is 0 Å². The number of hydrogen-bond donors (Lipinski definition) is 2. The molecule has 2 aliphatic rings. The number of nitrogens with zero attached hydrogens (tertiary/aromatic N) is 2. The van der Waals surface area contributed by atoms with E-state index >= 15 is 0 Å². The summed E-state index contributed by atoms with van der Waals surface area (Å²) in [4.78, 5) is 30.1. The number of piperidine rings is 2. The summed E-state index contributed by atoms with van der Waals surface area (Å²) < 4.78 is 11.0. The van der Waals surface area contributed by atoms with Crippen LogP contribution in [0.15, 0.2) is 12.1 Å². The molecule has 0 radical (unpaired) electrons. The van der Waals surface area contributed by atoms with Crippen LogP contribution >= 0.6 is 11.6 Å². The molecule has 2 fully saturated rings. The largest absolute Gasteiger partial charge is 0.496 e. The molecular formula is C23H35ClN4O4. The molecule has 0 aliphatic carbocycles. The third kappa shape index (κ3) is 5.66. The van der Waals surface area contributed by atoms with Crippen molar-refractivity contribution in [2.45, 2.75) is 57.2 Å². The summed E-state index contributed by atoms with van der Waals surface area (Å²) >= 11 is 6.11. The van der Waals surface area contributed by atoms with Crippen molar-refractivity contribution in [1.82, 2.24) is 15.1 Å². The summed E-state index contributed by atoms with van der Waals surface area (Å²) in [6, 6.07) is 3.23. The highest BCUT2D eigenvalue weighted by Gasteiger charge is 2.34. The monoisotopic (exact) mass is 466 g/mol. The molecule has 3 atom stereocenters. The smallest absolute Gasteiger partial charge is 0.255 e. The number of anilines is 1. The summed E-state index contributed by atoms with van der Waals surface area (Å²) in [7, 11) is 3.12. The van der Waals surface area contributed by atoms with E-state index in [9.17, 15) is 9.59 Å². The second-order valence-electron chi connectivity index (χ2n) is 8.60. The van der Waals surface area contributed by atoms with Crippen molar-refractivity contribution in [3.05, 3.63) is 22.7 Å². The molecule has 2 aliphatic heterocycles. The van der Waals surface area contributed by atoms with E-state index in [0.717, 1.165) is 25.8 Å². The first-order valence-electron chi connectivity index (χ1n) is 11.4. The van der Waals surface area contributed by atoms with Crippen molar-refractivity contribution >= 4 is 29.1 Å². The molecule has 0 aromatic heterocycles. The lowest BCUT2D eigenvalue weighted by Gasteiger charge is -2.40. The lowest BCUT2D eigenvalue weighted by molar-refractivity contribution is -0.137. The standard InChI is InChI=1S/C23H35ClN4O4/c1-4-15-7-5-6-9-28(15)22(29)14-27-10-8-19(21(13-27)32-3)26-23(30)16-11-17(24)18(25)12-20(16)31-2/h11-12,15,19,21H,4-10,13-14,25H2,1-3H3,(H,26,30)/t15?,19-,21+/m1/s1. The Morgan fingerprint density at radius 3 is 2.69 bits per heavy atom. The number of nitrogen functional groups attached to an aromatic ring is 1. The summed E-state index contributed by atoms with van der Waals surface area (Å²) in [5.41, 5.74) is 6.50. The Kier molecular flexibility index (Phi) is 8.62. The van der Waals surface area contributed by atoms with Crippen LogP contribution in [0.5, 0.6) is 5.75 Å². The van der Waals surface area contributed by atoms with Crippen molar-refractivity contribution in [2.75, 3.05) is 46.1 Å². The van der Waals surface area contributed by atoms with Gasteiger partial charge in [-0.25, -0.2) is 0 Å². The quantitative estimate of drug-likeness (QED) is 0.599. The van der Waals surface area contributed by atoms with E-state index in [4.69, 9.17) is 26.8 Å². The maximum absolute atomic E-state index is 12.9. The SMILES string of the molecule is CCC1CCCCN1C(=O)CN1CC[C@@H](NC(=O)c2cc(Cl)c(N)cc2OC)[C@@H](OC)C1. The summed E-state index contributed by atoms with van der Waals surface area (Å²) in [5.74, 6) is 0.267. The molecule has 3 N–H and O–H groups in total. The van der Waals surface area contributed by atoms with Gasteiger partial charge >= 0.3 is 0 Å². The Hall–Kier alpha value is -2.03. The predicted molar refractivity (Wildman–Crippen MR) is 125 cm³/mol. The average molecular weight is 467 g/mol. The summed E-state index contributed by atoms with van der Waals surface area (Å²) in [6.07, 6.45) is 4.83.